The van der Waals surface area contributed by atoms with Crippen LogP contribution in [0, 0.1) is 0 Å². The van der Waals surface area contributed by atoms with Crippen LogP contribution in [0.2, 0.25) is 0 Å². The summed E-state index contributed by atoms with van der Waals surface area (Å²) in [6, 6.07) is -0.717. The maximum Gasteiger partial charge on any atom is 0.306 e. The van der Waals surface area contributed by atoms with Crippen LogP contribution in [0.15, 0.2) is 0 Å². The average Bonchev–Trinajstić information content (AvgIpc) is 3.01. The largest absolute Gasteiger partial charge is 0.544 e. The Morgan fingerprint density at radius 3 is 1.32 bits per heavy atom. The number of ether oxygens (including phenoxy) is 3. The van der Waals surface area contributed by atoms with E-state index in [-0.39, 0.29) is 42.7 Å². The number of esters is 2. The normalized spacial score (nSPS) is 13.0. The molecule has 2 atom stereocenters. The van der Waals surface area contributed by atoms with Crippen LogP contribution in [-0.2, 0) is 28.6 Å². The van der Waals surface area contributed by atoms with Gasteiger partial charge in [-0.1, -0.05) is 149 Å². The van der Waals surface area contributed by atoms with Gasteiger partial charge in [0.25, 0.3) is 0 Å². The van der Waals surface area contributed by atoms with Gasteiger partial charge in [0.1, 0.15) is 12.6 Å². The maximum absolute atomic E-state index is 12.5. The van der Waals surface area contributed by atoms with E-state index in [9.17, 15) is 19.5 Å². The number of rotatable bonds is 35. The molecular formula is C39H75NO7. The first-order valence-electron chi connectivity index (χ1n) is 19.6. The van der Waals surface area contributed by atoms with Crippen molar-refractivity contribution in [1.82, 2.24) is 0 Å². The molecule has 0 fully saturated rings. The molecular weight excluding hydrogens is 594 g/mol. The monoisotopic (exact) mass is 670 g/mol. The quantitative estimate of drug-likeness (QED) is 0.0379. The van der Waals surface area contributed by atoms with Crippen LogP contribution in [0.3, 0.4) is 0 Å². The van der Waals surface area contributed by atoms with Gasteiger partial charge < -0.3 is 28.6 Å². The van der Waals surface area contributed by atoms with Crippen LogP contribution in [0.4, 0.5) is 0 Å². The van der Waals surface area contributed by atoms with E-state index in [0.29, 0.717) is 12.8 Å². The summed E-state index contributed by atoms with van der Waals surface area (Å²) >= 11 is 0. The minimum atomic E-state index is -1.12. The standard InChI is InChI=1S/C39H75NO7/c1-6-8-10-12-14-15-16-17-18-19-20-21-22-24-25-27-29-37(41)46-34-35(33-45-32-31-36(39(43)44)40(3,4)5)47-38(42)30-28-26-23-13-11-9-7-2/h35-36H,6-34H2,1-5H3. The number of nitrogens with zero attached hydrogens (tertiary/aromatic N) is 1. The molecule has 0 N–H and O–H groups in total. The van der Waals surface area contributed by atoms with E-state index < -0.39 is 18.1 Å². The van der Waals surface area contributed by atoms with Crippen molar-refractivity contribution >= 4 is 17.9 Å². The summed E-state index contributed by atoms with van der Waals surface area (Å²) in [5.41, 5.74) is 0. The van der Waals surface area contributed by atoms with Gasteiger partial charge in [-0.25, -0.2) is 0 Å². The zero-order valence-electron chi connectivity index (χ0n) is 31.5. The molecule has 0 rings (SSSR count). The van der Waals surface area contributed by atoms with E-state index in [1.165, 1.54) is 109 Å². The molecule has 0 heterocycles. The van der Waals surface area contributed by atoms with Crippen molar-refractivity contribution in [2.75, 3.05) is 41.0 Å². The number of quaternary nitrogens is 1. The van der Waals surface area contributed by atoms with Gasteiger partial charge in [0.15, 0.2) is 6.10 Å². The van der Waals surface area contributed by atoms with Gasteiger partial charge in [-0.15, -0.1) is 0 Å². The number of aliphatic carboxylic acids is 1. The molecule has 0 aromatic carbocycles. The highest BCUT2D eigenvalue weighted by molar-refractivity contribution is 5.70. The van der Waals surface area contributed by atoms with E-state index >= 15 is 0 Å². The third-order valence-corrected chi connectivity index (χ3v) is 8.99. The summed E-state index contributed by atoms with van der Waals surface area (Å²) in [4.78, 5) is 36.5. The fraction of sp³-hybridized carbons (Fsp3) is 0.923. The first-order chi connectivity index (χ1) is 22.6. The second-order valence-electron chi connectivity index (χ2n) is 14.5. The van der Waals surface area contributed by atoms with Gasteiger partial charge in [-0.3, -0.25) is 9.59 Å². The van der Waals surface area contributed by atoms with E-state index in [0.717, 1.165) is 38.5 Å². The summed E-state index contributed by atoms with van der Waals surface area (Å²) in [6.07, 6.45) is 28.5. The highest BCUT2D eigenvalue weighted by atomic mass is 16.6. The lowest BCUT2D eigenvalue weighted by molar-refractivity contribution is -0.889. The van der Waals surface area contributed by atoms with Crippen molar-refractivity contribution in [3.8, 4) is 0 Å². The smallest absolute Gasteiger partial charge is 0.306 e. The number of carboxylic acid groups (broad SMARTS) is 1. The lowest BCUT2D eigenvalue weighted by atomic mass is 10.0. The Labute approximate surface area is 289 Å². The van der Waals surface area contributed by atoms with E-state index in [4.69, 9.17) is 14.2 Å². The zero-order chi connectivity index (χ0) is 35.0. The SMILES string of the molecule is CCCCCCCCCCCCCCCCCCC(=O)OCC(COCCC(C(=O)[O-])[N+](C)(C)C)OC(=O)CCCCCCCCC. The molecule has 47 heavy (non-hydrogen) atoms. The van der Waals surface area contributed by atoms with Crippen molar-refractivity contribution in [3.05, 3.63) is 0 Å². The second kappa shape index (κ2) is 31.6. The van der Waals surface area contributed by atoms with Crippen LogP contribution in [-0.4, -0.2) is 75.5 Å². The number of hydrogen-bond donors (Lipinski definition) is 0. The van der Waals surface area contributed by atoms with Gasteiger partial charge in [-0.2, -0.15) is 0 Å². The van der Waals surface area contributed by atoms with E-state index in [1.807, 2.05) is 0 Å². The predicted molar refractivity (Wildman–Crippen MR) is 190 cm³/mol. The lowest BCUT2D eigenvalue weighted by Crippen LogP contribution is -2.55. The second-order valence-corrected chi connectivity index (χ2v) is 14.5. The Balaban J connectivity index is 4.25. The third-order valence-electron chi connectivity index (χ3n) is 8.99. The predicted octanol–water partition coefficient (Wildman–Crippen LogP) is 8.47. The van der Waals surface area contributed by atoms with Crippen molar-refractivity contribution in [1.29, 1.82) is 0 Å². The minimum absolute atomic E-state index is 0.0476. The topological polar surface area (TPSA) is 102 Å². The van der Waals surface area contributed by atoms with E-state index in [2.05, 4.69) is 13.8 Å². The van der Waals surface area contributed by atoms with Gasteiger partial charge in [0.2, 0.25) is 0 Å². The molecule has 2 unspecified atom stereocenters. The highest BCUT2D eigenvalue weighted by Gasteiger charge is 2.25. The van der Waals surface area contributed by atoms with Gasteiger partial charge in [0, 0.05) is 19.3 Å². The van der Waals surface area contributed by atoms with Gasteiger partial charge in [-0.05, 0) is 12.8 Å². The summed E-state index contributed by atoms with van der Waals surface area (Å²) in [5.74, 6) is -1.73. The molecule has 8 heteroatoms. The van der Waals surface area contributed by atoms with Crippen LogP contribution in [0.25, 0.3) is 0 Å². The van der Waals surface area contributed by atoms with Crippen molar-refractivity contribution < 1.29 is 38.2 Å². The maximum atomic E-state index is 12.5. The van der Waals surface area contributed by atoms with E-state index in [1.54, 1.807) is 21.1 Å². The fourth-order valence-corrected chi connectivity index (χ4v) is 5.89. The fourth-order valence-electron chi connectivity index (χ4n) is 5.89. The van der Waals surface area contributed by atoms with Crippen LogP contribution < -0.4 is 5.11 Å². The summed E-state index contributed by atoms with van der Waals surface area (Å²) in [5, 5.41) is 11.5. The molecule has 0 radical (unpaired) electrons. The molecule has 278 valence electrons. The number of hydrogen-bond acceptors (Lipinski definition) is 7. The molecule has 0 saturated heterocycles. The molecule has 0 saturated carbocycles. The first-order valence-corrected chi connectivity index (χ1v) is 19.6. The Morgan fingerprint density at radius 2 is 0.936 bits per heavy atom. The summed E-state index contributed by atoms with van der Waals surface area (Å²) in [6.45, 7) is 4.63. The summed E-state index contributed by atoms with van der Waals surface area (Å²) < 4.78 is 17.0. The number of likely N-dealkylation sites (N-methyl/N-ethyl adjacent to an activating group) is 1. The van der Waals surface area contributed by atoms with Crippen molar-refractivity contribution in [3.63, 3.8) is 0 Å². The molecule has 0 aromatic heterocycles. The first kappa shape index (κ1) is 45.3. The summed E-state index contributed by atoms with van der Waals surface area (Å²) in [7, 11) is 5.40. The third kappa shape index (κ3) is 30.1. The van der Waals surface area contributed by atoms with Gasteiger partial charge in [0.05, 0.1) is 40.3 Å². The zero-order valence-corrected chi connectivity index (χ0v) is 31.5. The van der Waals surface area contributed by atoms with Gasteiger partial charge >= 0.3 is 11.9 Å². The molecule has 0 amide bonds. The number of carbonyl (C=O) groups excluding carboxylic acids is 3. The number of carboxylic acids is 1. The van der Waals surface area contributed by atoms with Crippen LogP contribution >= 0.6 is 0 Å². The Hall–Kier alpha value is -1.67. The minimum Gasteiger partial charge on any atom is -0.544 e. The Bertz CT molecular complexity index is 752. The molecule has 0 aliphatic heterocycles. The molecule has 0 aromatic rings. The molecule has 0 bridgehead atoms. The number of carbonyl (C=O) groups is 3. The van der Waals surface area contributed by atoms with Crippen molar-refractivity contribution in [2.45, 2.75) is 193 Å². The molecule has 0 aliphatic rings. The van der Waals surface area contributed by atoms with Crippen molar-refractivity contribution in [2.24, 2.45) is 0 Å². The Kier molecular flexibility index (Phi) is 30.5. The number of unbranched alkanes of at least 4 members (excludes halogenated alkanes) is 21. The van der Waals surface area contributed by atoms with Crippen LogP contribution in [0.1, 0.15) is 181 Å². The molecule has 0 spiro atoms. The Morgan fingerprint density at radius 1 is 0.553 bits per heavy atom. The van der Waals surface area contributed by atoms with Crippen LogP contribution in [0.5, 0.6) is 0 Å². The lowest BCUT2D eigenvalue weighted by Gasteiger charge is -2.34. The molecule has 0 aliphatic carbocycles. The molecule has 8 nitrogen and oxygen atoms in total. The highest BCUT2D eigenvalue weighted by Crippen LogP contribution is 2.15. The average molecular weight is 670 g/mol.